The maximum Gasteiger partial charge on any atom is 0.246 e. The second-order valence-electron chi connectivity index (χ2n) is 8.20. The van der Waals surface area contributed by atoms with E-state index in [0.717, 1.165) is 22.2 Å². The van der Waals surface area contributed by atoms with Gasteiger partial charge in [0.1, 0.15) is 11.3 Å². The molecule has 0 spiro atoms. The highest BCUT2D eigenvalue weighted by Gasteiger charge is 2.25. The van der Waals surface area contributed by atoms with E-state index in [2.05, 4.69) is 0 Å². The summed E-state index contributed by atoms with van der Waals surface area (Å²) < 4.78 is 7.84. The molecule has 0 saturated carbocycles. The Labute approximate surface area is 191 Å². The van der Waals surface area contributed by atoms with E-state index in [1.165, 1.54) is 0 Å². The molecule has 2 aromatic heterocycles. The Balaban J connectivity index is 1.45. The highest BCUT2D eigenvalue weighted by molar-refractivity contribution is 5.93. The fraction of sp³-hybridized carbons (Fsp3) is 0.192. The first-order valence-electron chi connectivity index (χ1n) is 11.0. The van der Waals surface area contributed by atoms with Crippen LogP contribution in [0.2, 0.25) is 0 Å². The van der Waals surface area contributed by atoms with Gasteiger partial charge in [0, 0.05) is 42.2 Å². The maximum absolute atomic E-state index is 12.8. The van der Waals surface area contributed by atoms with E-state index in [4.69, 9.17) is 15.2 Å². The summed E-state index contributed by atoms with van der Waals surface area (Å²) in [5.74, 6) is 0.101. The van der Waals surface area contributed by atoms with Crippen molar-refractivity contribution in [3.8, 4) is 17.1 Å². The number of nitrogens with two attached hydrogens (primary N) is 1. The number of nitrogens with zero attached hydrogens (tertiary/aromatic N) is 3. The third-order valence-corrected chi connectivity index (χ3v) is 6.04. The lowest BCUT2D eigenvalue weighted by atomic mass is 9.96. The van der Waals surface area contributed by atoms with E-state index in [-0.39, 0.29) is 17.7 Å². The van der Waals surface area contributed by atoms with Crippen LogP contribution in [0.15, 0.2) is 77.4 Å². The SMILES string of the molecule is NC(=O)C1CCN(C(=O)/C=C/c2cn(-c3ccccc3)nc2-c2cc3ccccc3o2)CC1. The molecule has 0 bridgehead atoms. The molecule has 33 heavy (non-hydrogen) atoms. The Hall–Kier alpha value is -4.13. The number of carbonyl (C=O) groups is 2. The number of para-hydroxylation sites is 2. The predicted octanol–water partition coefficient (Wildman–Crippen LogP) is 4.02. The van der Waals surface area contributed by atoms with E-state index < -0.39 is 0 Å². The van der Waals surface area contributed by atoms with Crippen LogP contribution in [-0.2, 0) is 9.59 Å². The maximum atomic E-state index is 12.8. The number of piperidine rings is 1. The minimum atomic E-state index is -0.290. The molecular weight excluding hydrogens is 416 g/mol. The first-order valence-corrected chi connectivity index (χ1v) is 11.0. The largest absolute Gasteiger partial charge is 0.454 e. The van der Waals surface area contributed by atoms with Crippen LogP contribution in [0.25, 0.3) is 34.2 Å². The molecule has 2 N–H and O–H groups in total. The van der Waals surface area contributed by atoms with Gasteiger partial charge in [-0.25, -0.2) is 4.68 Å². The Kier molecular flexibility index (Phi) is 5.52. The van der Waals surface area contributed by atoms with E-state index in [0.29, 0.717) is 37.4 Å². The van der Waals surface area contributed by atoms with Crippen molar-refractivity contribution in [1.82, 2.24) is 14.7 Å². The molecule has 0 atom stereocenters. The smallest absolute Gasteiger partial charge is 0.246 e. The lowest BCUT2D eigenvalue weighted by Crippen LogP contribution is -2.41. The Morgan fingerprint density at radius 2 is 1.76 bits per heavy atom. The monoisotopic (exact) mass is 440 g/mol. The minimum Gasteiger partial charge on any atom is -0.454 e. The van der Waals surface area contributed by atoms with Crippen LogP contribution in [0.4, 0.5) is 0 Å². The van der Waals surface area contributed by atoms with Crippen molar-refractivity contribution in [2.24, 2.45) is 11.7 Å². The first-order chi connectivity index (χ1) is 16.1. The summed E-state index contributed by atoms with van der Waals surface area (Å²) in [6.45, 7) is 1.05. The third-order valence-electron chi connectivity index (χ3n) is 6.04. The first kappa shape index (κ1) is 20.8. The second kappa shape index (κ2) is 8.78. The molecule has 4 aromatic rings. The van der Waals surface area contributed by atoms with Crippen molar-refractivity contribution < 1.29 is 14.0 Å². The van der Waals surface area contributed by atoms with Gasteiger partial charge < -0.3 is 15.1 Å². The van der Waals surface area contributed by atoms with Gasteiger partial charge in [-0.2, -0.15) is 5.10 Å². The molecule has 1 saturated heterocycles. The number of furan rings is 1. The molecule has 7 heteroatoms. The van der Waals surface area contributed by atoms with Crippen molar-refractivity contribution in [2.45, 2.75) is 12.8 Å². The number of carbonyl (C=O) groups excluding carboxylic acids is 2. The predicted molar refractivity (Wildman–Crippen MR) is 126 cm³/mol. The molecule has 7 nitrogen and oxygen atoms in total. The van der Waals surface area contributed by atoms with Crippen molar-refractivity contribution in [1.29, 1.82) is 0 Å². The second-order valence-corrected chi connectivity index (χ2v) is 8.20. The molecule has 3 heterocycles. The van der Waals surface area contributed by atoms with Crippen LogP contribution in [0, 0.1) is 5.92 Å². The topological polar surface area (TPSA) is 94.4 Å². The van der Waals surface area contributed by atoms with Crippen molar-refractivity contribution >= 4 is 28.9 Å². The number of primary amides is 1. The number of rotatable bonds is 5. The van der Waals surface area contributed by atoms with Crippen LogP contribution in [-0.4, -0.2) is 39.6 Å². The van der Waals surface area contributed by atoms with Crippen LogP contribution in [0.5, 0.6) is 0 Å². The van der Waals surface area contributed by atoms with Crippen LogP contribution in [0.1, 0.15) is 18.4 Å². The van der Waals surface area contributed by atoms with Crippen LogP contribution >= 0.6 is 0 Å². The zero-order valence-electron chi connectivity index (χ0n) is 18.1. The minimum absolute atomic E-state index is 0.0964. The van der Waals surface area contributed by atoms with Crippen molar-refractivity contribution in [3.05, 3.63) is 78.5 Å². The normalized spacial score (nSPS) is 14.8. The molecule has 0 radical (unpaired) electrons. The number of aromatic nitrogens is 2. The number of hydrogen-bond acceptors (Lipinski definition) is 4. The van der Waals surface area contributed by atoms with Gasteiger partial charge in [-0.3, -0.25) is 9.59 Å². The highest BCUT2D eigenvalue weighted by Crippen LogP contribution is 2.30. The van der Waals surface area contributed by atoms with Gasteiger partial charge in [0.15, 0.2) is 5.76 Å². The summed E-state index contributed by atoms with van der Waals surface area (Å²) in [5.41, 5.74) is 8.53. The zero-order chi connectivity index (χ0) is 22.8. The molecule has 166 valence electrons. The summed E-state index contributed by atoms with van der Waals surface area (Å²) in [5, 5.41) is 5.75. The quantitative estimate of drug-likeness (QED) is 0.474. The summed E-state index contributed by atoms with van der Waals surface area (Å²) >= 11 is 0. The number of fused-ring (bicyclic) bond motifs is 1. The Bertz CT molecular complexity index is 1300. The molecule has 1 aliphatic heterocycles. The lowest BCUT2D eigenvalue weighted by Gasteiger charge is -2.29. The molecular formula is C26H24N4O3. The fourth-order valence-corrected chi connectivity index (χ4v) is 4.16. The molecule has 1 fully saturated rings. The van der Waals surface area contributed by atoms with E-state index in [1.807, 2.05) is 66.9 Å². The summed E-state index contributed by atoms with van der Waals surface area (Å²) in [6, 6.07) is 19.6. The molecule has 2 amide bonds. The van der Waals surface area contributed by atoms with Gasteiger partial charge in [0.05, 0.1) is 5.69 Å². The lowest BCUT2D eigenvalue weighted by molar-refractivity contribution is -0.130. The summed E-state index contributed by atoms with van der Waals surface area (Å²) in [7, 11) is 0. The van der Waals surface area contributed by atoms with E-state index >= 15 is 0 Å². The number of benzene rings is 2. The summed E-state index contributed by atoms with van der Waals surface area (Å²) in [6.07, 6.45) is 6.43. The molecule has 0 unspecified atom stereocenters. The van der Waals surface area contributed by atoms with E-state index in [1.54, 1.807) is 21.7 Å². The van der Waals surface area contributed by atoms with Gasteiger partial charge in [-0.15, -0.1) is 0 Å². The Morgan fingerprint density at radius 1 is 1.03 bits per heavy atom. The van der Waals surface area contributed by atoms with E-state index in [9.17, 15) is 9.59 Å². The van der Waals surface area contributed by atoms with Gasteiger partial charge in [-0.1, -0.05) is 36.4 Å². The van der Waals surface area contributed by atoms with Crippen molar-refractivity contribution in [2.75, 3.05) is 13.1 Å². The van der Waals surface area contributed by atoms with Crippen molar-refractivity contribution in [3.63, 3.8) is 0 Å². The molecule has 1 aliphatic rings. The molecule has 0 aliphatic carbocycles. The van der Waals surface area contributed by atoms with Crippen LogP contribution in [0.3, 0.4) is 0 Å². The Morgan fingerprint density at radius 3 is 2.48 bits per heavy atom. The summed E-state index contributed by atoms with van der Waals surface area (Å²) in [4.78, 5) is 25.9. The average molecular weight is 441 g/mol. The average Bonchev–Trinajstić information content (AvgIpc) is 3.47. The highest BCUT2D eigenvalue weighted by atomic mass is 16.3. The molecule has 2 aromatic carbocycles. The zero-order valence-corrected chi connectivity index (χ0v) is 18.1. The number of likely N-dealkylation sites (tertiary alicyclic amines) is 1. The fourth-order valence-electron chi connectivity index (χ4n) is 4.16. The van der Waals surface area contributed by atoms with Gasteiger partial charge >= 0.3 is 0 Å². The number of hydrogen-bond donors (Lipinski definition) is 1. The molecule has 5 rings (SSSR count). The standard InChI is InChI=1S/C26H24N4O3/c27-26(32)18-12-14-29(15-13-18)24(31)11-10-20-17-30(21-7-2-1-3-8-21)28-25(20)23-16-19-6-4-5-9-22(19)33-23/h1-11,16-18H,12-15H2,(H2,27,32)/b11-10+. The third kappa shape index (κ3) is 4.30. The van der Waals surface area contributed by atoms with Gasteiger partial charge in [0.25, 0.3) is 0 Å². The van der Waals surface area contributed by atoms with Crippen LogP contribution < -0.4 is 5.73 Å². The number of amides is 2. The van der Waals surface area contributed by atoms with Gasteiger partial charge in [-0.05, 0) is 43.2 Å². The van der Waals surface area contributed by atoms with Gasteiger partial charge in [0.2, 0.25) is 11.8 Å².